The van der Waals surface area contributed by atoms with E-state index in [9.17, 15) is 9.59 Å². The Morgan fingerprint density at radius 1 is 1.30 bits per heavy atom. The van der Waals surface area contributed by atoms with E-state index in [2.05, 4.69) is 10.3 Å². The number of aromatic nitrogens is 1. The normalized spacial score (nSPS) is 10.1. The second-order valence-electron chi connectivity index (χ2n) is 4.09. The Morgan fingerprint density at radius 3 is 2.70 bits per heavy atom. The van der Waals surface area contributed by atoms with Crippen LogP contribution in [0.1, 0.15) is 15.9 Å². The zero-order valence-corrected chi connectivity index (χ0v) is 11.1. The number of benzene rings is 1. The Morgan fingerprint density at radius 2 is 2.10 bits per heavy atom. The van der Waals surface area contributed by atoms with Gasteiger partial charge >= 0.3 is 5.97 Å². The zero-order valence-electron chi connectivity index (χ0n) is 10.3. The van der Waals surface area contributed by atoms with Gasteiger partial charge in [0.25, 0.3) is 0 Å². The van der Waals surface area contributed by atoms with Gasteiger partial charge in [-0.25, -0.2) is 4.79 Å². The third-order valence-corrected chi connectivity index (χ3v) is 2.89. The number of nitrogens with zero attached hydrogens (tertiary/aromatic N) is 1. The number of hydrogen-bond acceptors (Lipinski definition) is 3. The van der Waals surface area contributed by atoms with Crippen LogP contribution in [0, 0.1) is 0 Å². The van der Waals surface area contributed by atoms with Gasteiger partial charge in [-0.05, 0) is 29.8 Å². The second kappa shape index (κ2) is 6.16. The molecule has 0 saturated heterocycles. The van der Waals surface area contributed by atoms with E-state index >= 15 is 0 Å². The molecular formula is C14H11ClN2O3. The summed E-state index contributed by atoms with van der Waals surface area (Å²) in [4.78, 5) is 26.5. The summed E-state index contributed by atoms with van der Waals surface area (Å²) < 4.78 is 0. The molecule has 2 aromatic rings. The van der Waals surface area contributed by atoms with E-state index in [1.807, 2.05) is 0 Å². The van der Waals surface area contributed by atoms with Crippen LogP contribution in [0.25, 0.3) is 0 Å². The maximum absolute atomic E-state index is 11.8. The van der Waals surface area contributed by atoms with Gasteiger partial charge in [0.05, 0.1) is 22.7 Å². The molecule has 102 valence electrons. The summed E-state index contributed by atoms with van der Waals surface area (Å²) in [5.74, 6) is -1.32. The molecule has 0 spiro atoms. The van der Waals surface area contributed by atoms with Crippen LogP contribution < -0.4 is 5.32 Å². The summed E-state index contributed by atoms with van der Waals surface area (Å²) in [6.45, 7) is 0. The van der Waals surface area contributed by atoms with Crippen molar-refractivity contribution in [2.24, 2.45) is 0 Å². The first-order valence-electron chi connectivity index (χ1n) is 5.78. The molecule has 6 heteroatoms. The van der Waals surface area contributed by atoms with Crippen molar-refractivity contribution in [3.63, 3.8) is 0 Å². The molecule has 5 nitrogen and oxygen atoms in total. The highest BCUT2D eigenvalue weighted by Gasteiger charge is 2.10. The number of carbonyl (C=O) groups is 2. The number of rotatable bonds is 4. The van der Waals surface area contributed by atoms with Gasteiger partial charge in [0.2, 0.25) is 5.91 Å². The standard InChI is InChI=1S/C14H11ClN2O3/c15-11-7-10(14(19)20)3-4-12(11)17-13(18)6-9-2-1-5-16-8-9/h1-5,7-8H,6H2,(H,17,18)(H,19,20). The third-order valence-electron chi connectivity index (χ3n) is 2.58. The Labute approximate surface area is 120 Å². The second-order valence-corrected chi connectivity index (χ2v) is 4.49. The maximum atomic E-state index is 11.8. The SMILES string of the molecule is O=C(Cc1cccnc1)Nc1ccc(C(=O)O)cc1Cl. The number of halogens is 1. The van der Waals surface area contributed by atoms with E-state index in [0.717, 1.165) is 5.56 Å². The van der Waals surface area contributed by atoms with E-state index in [-0.39, 0.29) is 22.9 Å². The zero-order chi connectivity index (χ0) is 14.5. The predicted octanol–water partition coefficient (Wildman–Crippen LogP) is 2.61. The van der Waals surface area contributed by atoms with Crippen LogP contribution in [0.4, 0.5) is 5.69 Å². The van der Waals surface area contributed by atoms with Crippen molar-refractivity contribution < 1.29 is 14.7 Å². The van der Waals surface area contributed by atoms with Gasteiger partial charge in [0.1, 0.15) is 0 Å². The smallest absolute Gasteiger partial charge is 0.335 e. The molecule has 2 N–H and O–H groups in total. The highest BCUT2D eigenvalue weighted by Crippen LogP contribution is 2.23. The quantitative estimate of drug-likeness (QED) is 0.907. The van der Waals surface area contributed by atoms with Crippen molar-refractivity contribution in [2.75, 3.05) is 5.32 Å². The molecule has 0 aliphatic rings. The van der Waals surface area contributed by atoms with Crippen molar-refractivity contribution in [1.29, 1.82) is 0 Å². The number of pyridine rings is 1. The number of aromatic carboxylic acids is 1. The first-order chi connectivity index (χ1) is 9.56. The van der Waals surface area contributed by atoms with Gasteiger partial charge in [-0.15, -0.1) is 0 Å². The minimum absolute atomic E-state index is 0.0697. The summed E-state index contributed by atoms with van der Waals surface area (Å²) in [6, 6.07) is 7.68. The van der Waals surface area contributed by atoms with Crippen molar-refractivity contribution >= 4 is 29.2 Å². The number of hydrogen-bond donors (Lipinski definition) is 2. The number of carboxylic acid groups (broad SMARTS) is 1. The lowest BCUT2D eigenvalue weighted by molar-refractivity contribution is -0.115. The monoisotopic (exact) mass is 290 g/mol. The van der Waals surface area contributed by atoms with Crippen LogP contribution in [0.5, 0.6) is 0 Å². The molecule has 1 amide bonds. The predicted molar refractivity (Wildman–Crippen MR) is 75.0 cm³/mol. The largest absolute Gasteiger partial charge is 0.478 e. The summed E-state index contributed by atoms with van der Waals surface area (Å²) in [6.07, 6.45) is 3.41. The Balaban J connectivity index is 2.06. The van der Waals surface area contributed by atoms with E-state index in [0.29, 0.717) is 5.69 Å². The third kappa shape index (κ3) is 3.55. The van der Waals surface area contributed by atoms with E-state index < -0.39 is 5.97 Å². The van der Waals surface area contributed by atoms with Gasteiger partial charge in [-0.3, -0.25) is 9.78 Å². The lowest BCUT2D eigenvalue weighted by Gasteiger charge is -2.07. The fourth-order valence-electron chi connectivity index (χ4n) is 1.63. The van der Waals surface area contributed by atoms with Crippen LogP contribution in [0.15, 0.2) is 42.7 Å². The molecule has 1 heterocycles. The molecule has 20 heavy (non-hydrogen) atoms. The van der Waals surface area contributed by atoms with E-state index in [4.69, 9.17) is 16.7 Å². The van der Waals surface area contributed by atoms with Crippen molar-refractivity contribution in [3.8, 4) is 0 Å². The first-order valence-corrected chi connectivity index (χ1v) is 6.15. The number of amides is 1. The van der Waals surface area contributed by atoms with E-state index in [1.165, 1.54) is 18.2 Å². The average Bonchev–Trinajstić information content (AvgIpc) is 2.42. The average molecular weight is 291 g/mol. The van der Waals surface area contributed by atoms with Crippen molar-refractivity contribution in [1.82, 2.24) is 4.98 Å². The van der Waals surface area contributed by atoms with Crippen molar-refractivity contribution in [3.05, 3.63) is 58.9 Å². The van der Waals surface area contributed by atoms with Crippen LogP contribution in [0.3, 0.4) is 0 Å². The summed E-state index contributed by atoms with van der Waals surface area (Å²) >= 11 is 5.93. The van der Waals surface area contributed by atoms with Gasteiger partial charge in [-0.2, -0.15) is 0 Å². The van der Waals surface area contributed by atoms with E-state index in [1.54, 1.807) is 24.5 Å². The Bertz CT molecular complexity index is 644. The molecule has 0 fully saturated rings. The van der Waals surface area contributed by atoms with Gasteiger partial charge in [-0.1, -0.05) is 17.7 Å². The van der Waals surface area contributed by atoms with Crippen LogP contribution >= 0.6 is 11.6 Å². The molecule has 0 bridgehead atoms. The van der Waals surface area contributed by atoms with Crippen LogP contribution in [-0.2, 0) is 11.2 Å². The number of carbonyl (C=O) groups excluding carboxylic acids is 1. The molecule has 0 saturated carbocycles. The Hall–Kier alpha value is -2.40. The number of carboxylic acids is 1. The van der Waals surface area contributed by atoms with Gasteiger partial charge in [0.15, 0.2) is 0 Å². The first kappa shape index (κ1) is 14.0. The molecule has 1 aromatic heterocycles. The lowest BCUT2D eigenvalue weighted by Crippen LogP contribution is -2.15. The summed E-state index contributed by atoms with van der Waals surface area (Å²) in [7, 11) is 0. The fourth-order valence-corrected chi connectivity index (χ4v) is 1.86. The van der Waals surface area contributed by atoms with Crippen LogP contribution in [-0.4, -0.2) is 22.0 Å². The molecule has 0 atom stereocenters. The van der Waals surface area contributed by atoms with Crippen LogP contribution in [0.2, 0.25) is 5.02 Å². The van der Waals surface area contributed by atoms with Gasteiger partial charge < -0.3 is 10.4 Å². The van der Waals surface area contributed by atoms with Crippen molar-refractivity contribution in [2.45, 2.75) is 6.42 Å². The molecule has 0 radical (unpaired) electrons. The fraction of sp³-hybridized carbons (Fsp3) is 0.0714. The molecule has 0 aliphatic heterocycles. The van der Waals surface area contributed by atoms with Gasteiger partial charge in [0, 0.05) is 12.4 Å². The lowest BCUT2D eigenvalue weighted by atomic mass is 10.2. The number of nitrogens with one attached hydrogen (secondary N) is 1. The number of anilines is 1. The minimum Gasteiger partial charge on any atom is -0.478 e. The summed E-state index contributed by atoms with van der Waals surface area (Å²) in [5, 5.41) is 11.6. The Kier molecular flexibility index (Phi) is 4.32. The highest BCUT2D eigenvalue weighted by molar-refractivity contribution is 6.34. The topological polar surface area (TPSA) is 79.3 Å². The molecule has 1 aromatic carbocycles. The molecule has 0 unspecified atom stereocenters. The highest BCUT2D eigenvalue weighted by atomic mass is 35.5. The molecular weight excluding hydrogens is 280 g/mol. The molecule has 2 rings (SSSR count). The maximum Gasteiger partial charge on any atom is 0.335 e. The minimum atomic E-state index is -1.07. The summed E-state index contributed by atoms with van der Waals surface area (Å²) in [5.41, 5.74) is 1.23. The molecule has 0 aliphatic carbocycles.